The van der Waals surface area contributed by atoms with Gasteiger partial charge in [0.05, 0.1) is 7.11 Å². The molecule has 0 atom stereocenters. The van der Waals surface area contributed by atoms with Gasteiger partial charge in [0.25, 0.3) is 0 Å². The number of nitrogens with zero attached hydrogens (tertiary/aromatic N) is 5. The van der Waals surface area contributed by atoms with Gasteiger partial charge in [-0.3, -0.25) is 0 Å². The molecule has 4 aromatic rings. The minimum atomic E-state index is -0.261. The summed E-state index contributed by atoms with van der Waals surface area (Å²) in [7, 11) is 1.68. The second-order valence-corrected chi connectivity index (χ2v) is 7.86. The van der Waals surface area contributed by atoms with Gasteiger partial charge in [-0.25, -0.2) is 14.4 Å². The smallest absolute Gasteiger partial charge is 0.151 e. The van der Waals surface area contributed by atoms with E-state index in [1.54, 1.807) is 25.6 Å². The molecule has 1 aliphatic rings. The van der Waals surface area contributed by atoms with Crippen molar-refractivity contribution in [3.8, 4) is 17.0 Å². The first-order valence-corrected chi connectivity index (χ1v) is 10.5. The number of piperazine rings is 1. The highest BCUT2D eigenvalue weighted by Gasteiger charge is 2.22. The number of halogens is 1. The van der Waals surface area contributed by atoms with Crippen LogP contribution in [0.25, 0.3) is 21.5 Å². The minimum Gasteiger partial charge on any atom is -0.497 e. The van der Waals surface area contributed by atoms with Gasteiger partial charge in [0.1, 0.15) is 33.8 Å². The maximum atomic E-state index is 13.3. The number of ether oxygens (including phenoxy) is 1. The SMILES string of the molecule is COc1ccc(N2CCN(c3ncnc4c(-c5ccc(F)cc5)nsc34)CC2)cc1. The highest BCUT2D eigenvalue weighted by Crippen LogP contribution is 2.34. The zero-order valence-corrected chi connectivity index (χ0v) is 17.3. The summed E-state index contributed by atoms with van der Waals surface area (Å²) in [6.07, 6.45) is 1.59. The van der Waals surface area contributed by atoms with Crippen LogP contribution in [0, 0.1) is 5.82 Å². The molecule has 2 aromatic heterocycles. The number of anilines is 2. The van der Waals surface area contributed by atoms with Gasteiger partial charge in [-0.2, -0.15) is 4.37 Å². The molecule has 0 aliphatic carbocycles. The lowest BCUT2D eigenvalue weighted by atomic mass is 10.1. The zero-order valence-electron chi connectivity index (χ0n) is 16.5. The van der Waals surface area contributed by atoms with Crippen LogP contribution in [0.2, 0.25) is 0 Å². The first kappa shape index (κ1) is 18.7. The third-order valence-electron chi connectivity index (χ3n) is 5.37. The van der Waals surface area contributed by atoms with E-state index in [2.05, 4.69) is 36.3 Å². The number of fused-ring (bicyclic) bond motifs is 1. The third kappa shape index (κ3) is 3.43. The summed E-state index contributed by atoms with van der Waals surface area (Å²) < 4.78 is 24.1. The van der Waals surface area contributed by atoms with Gasteiger partial charge >= 0.3 is 0 Å². The topological polar surface area (TPSA) is 54.4 Å². The van der Waals surface area contributed by atoms with Crippen molar-refractivity contribution in [2.75, 3.05) is 43.1 Å². The molecule has 0 bridgehead atoms. The van der Waals surface area contributed by atoms with Crippen LogP contribution in [0.5, 0.6) is 5.75 Å². The molecule has 152 valence electrons. The fraction of sp³-hybridized carbons (Fsp3) is 0.227. The molecular formula is C22H20FN5OS. The van der Waals surface area contributed by atoms with E-state index in [0.29, 0.717) is 0 Å². The first-order valence-electron chi connectivity index (χ1n) is 9.73. The molecule has 5 rings (SSSR count). The third-order valence-corrected chi connectivity index (χ3v) is 6.20. The van der Waals surface area contributed by atoms with Crippen molar-refractivity contribution in [2.24, 2.45) is 0 Å². The number of hydrogen-bond acceptors (Lipinski definition) is 7. The number of methoxy groups -OCH3 is 1. The van der Waals surface area contributed by atoms with Crippen LogP contribution in [0.3, 0.4) is 0 Å². The van der Waals surface area contributed by atoms with Gasteiger partial charge in [0.2, 0.25) is 0 Å². The largest absolute Gasteiger partial charge is 0.497 e. The minimum absolute atomic E-state index is 0.261. The number of rotatable bonds is 4. The molecule has 0 amide bonds. The number of hydrogen-bond donors (Lipinski definition) is 0. The molecule has 2 aromatic carbocycles. The van der Waals surface area contributed by atoms with Crippen LogP contribution >= 0.6 is 11.5 Å². The Morgan fingerprint density at radius 1 is 0.900 bits per heavy atom. The molecule has 6 nitrogen and oxygen atoms in total. The Morgan fingerprint density at radius 2 is 1.60 bits per heavy atom. The normalized spacial score (nSPS) is 14.3. The van der Waals surface area contributed by atoms with E-state index in [9.17, 15) is 4.39 Å². The number of benzene rings is 2. The number of aromatic nitrogens is 3. The summed E-state index contributed by atoms with van der Waals surface area (Å²) >= 11 is 1.40. The molecule has 1 fully saturated rings. The van der Waals surface area contributed by atoms with Crippen molar-refractivity contribution < 1.29 is 9.13 Å². The molecule has 0 radical (unpaired) electrons. The van der Waals surface area contributed by atoms with Crippen molar-refractivity contribution in [1.29, 1.82) is 0 Å². The highest BCUT2D eigenvalue weighted by molar-refractivity contribution is 7.14. The molecule has 0 spiro atoms. The Bertz CT molecular complexity index is 1150. The van der Waals surface area contributed by atoms with Crippen molar-refractivity contribution in [3.63, 3.8) is 0 Å². The van der Waals surface area contributed by atoms with E-state index in [0.717, 1.165) is 59.2 Å². The van der Waals surface area contributed by atoms with Crippen LogP contribution in [-0.2, 0) is 0 Å². The van der Waals surface area contributed by atoms with E-state index in [1.807, 2.05) is 12.1 Å². The summed E-state index contributed by atoms with van der Waals surface area (Å²) in [5.74, 6) is 1.52. The Morgan fingerprint density at radius 3 is 2.30 bits per heavy atom. The summed E-state index contributed by atoms with van der Waals surface area (Å²) in [5, 5.41) is 0. The maximum Gasteiger partial charge on any atom is 0.151 e. The Labute approximate surface area is 177 Å². The van der Waals surface area contributed by atoms with Crippen LogP contribution in [0.1, 0.15) is 0 Å². The fourth-order valence-electron chi connectivity index (χ4n) is 3.74. The molecule has 0 N–H and O–H groups in total. The van der Waals surface area contributed by atoms with Crippen molar-refractivity contribution >= 4 is 33.3 Å². The van der Waals surface area contributed by atoms with Crippen LogP contribution in [-0.4, -0.2) is 47.6 Å². The highest BCUT2D eigenvalue weighted by atomic mass is 32.1. The fourth-order valence-corrected chi connectivity index (χ4v) is 4.62. The monoisotopic (exact) mass is 421 g/mol. The second-order valence-electron chi connectivity index (χ2n) is 7.09. The van der Waals surface area contributed by atoms with E-state index in [4.69, 9.17) is 4.74 Å². The van der Waals surface area contributed by atoms with Gasteiger partial charge in [-0.1, -0.05) is 0 Å². The Kier molecular flexibility index (Phi) is 4.92. The molecule has 1 aliphatic heterocycles. The van der Waals surface area contributed by atoms with Gasteiger partial charge < -0.3 is 14.5 Å². The summed E-state index contributed by atoms with van der Waals surface area (Å²) in [4.78, 5) is 13.7. The van der Waals surface area contributed by atoms with E-state index < -0.39 is 0 Å². The molecule has 30 heavy (non-hydrogen) atoms. The maximum absolute atomic E-state index is 13.3. The molecule has 0 unspecified atom stereocenters. The van der Waals surface area contributed by atoms with E-state index >= 15 is 0 Å². The standard InChI is InChI=1S/C22H20FN5OS/c1-29-18-8-6-17(7-9-18)27-10-12-28(13-11-27)22-21-20(24-14-25-22)19(26-30-21)15-2-4-16(23)5-3-15/h2-9,14H,10-13H2,1H3. The average molecular weight is 422 g/mol. The van der Waals surface area contributed by atoms with Crippen LogP contribution < -0.4 is 14.5 Å². The van der Waals surface area contributed by atoms with Crippen LogP contribution in [0.15, 0.2) is 54.9 Å². The molecule has 1 saturated heterocycles. The summed E-state index contributed by atoms with van der Waals surface area (Å²) in [6.45, 7) is 3.53. The quantitative estimate of drug-likeness (QED) is 0.492. The summed E-state index contributed by atoms with van der Waals surface area (Å²) in [6, 6.07) is 14.5. The van der Waals surface area contributed by atoms with Crippen molar-refractivity contribution in [1.82, 2.24) is 14.3 Å². The first-order chi connectivity index (χ1) is 14.7. The van der Waals surface area contributed by atoms with Gasteiger partial charge in [0, 0.05) is 37.4 Å². The Hall–Kier alpha value is -3.26. The van der Waals surface area contributed by atoms with E-state index in [1.165, 1.54) is 29.4 Å². The van der Waals surface area contributed by atoms with Gasteiger partial charge in [-0.15, -0.1) is 0 Å². The Balaban J connectivity index is 1.37. The van der Waals surface area contributed by atoms with Gasteiger partial charge in [0.15, 0.2) is 5.82 Å². The second kappa shape index (κ2) is 7.87. The van der Waals surface area contributed by atoms with E-state index in [-0.39, 0.29) is 5.82 Å². The van der Waals surface area contributed by atoms with Crippen LogP contribution in [0.4, 0.5) is 15.9 Å². The van der Waals surface area contributed by atoms with Gasteiger partial charge in [-0.05, 0) is 60.1 Å². The van der Waals surface area contributed by atoms with Crippen molar-refractivity contribution in [3.05, 3.63) is 60.7 Å². The zero-order chi connectivity index (χ0) is 20.5. The molecule has 8 heteroatoms. The lowest BCUT2D eigenvalue weighted by Crippen LogP contribution is -2.46. The lowest BCUT2D eigenvalue weighted by molar-refractivity contribution is 0.415. The molecular weight excluding hydrogens is 401 g/mol. The average Bonchev–Trinajstić information content (AvgIpc) is 3.24. The molecule has 3 heterocycles. The summed E-state index contributed by atoms with van der Waals surface area (Å²) in [5.41, 5.74) is 3.64. The predicted molar refractivity (Wildman–Crippen MR) is 118 cm³/mol. The predicted octanol–water partition coefficient (Wildman–Crippen LogP) is 4.23. The lowest BCUT2D eigenvalue weighted by Gasteiger charge is -2.36. The van der Waals surface area contributed by atoms with Crippen molar-refractivity contribution in [2.45, 2.75) is 0 Å². The molecule has 0 saturated carbocycles.